The standard InChI is InChI=1S/C13H9F4N3O/c14-9-5-8(2-3-10(9)18)20-12(21)11-4-1-7(6-19-11)13(15,16)17/h1-6H,18H2,(H,20,21). The normalized spacial score (nSPS) is 11.2. The molecule has 0 fully saturated rings. The summed E-state index contributed by atoms with van der Waals surface area (Å²) in [5.74, 6) is -1.47. The van der Waals surface area contributed by atoms with Crippen LogP contribution in [0.1, 0.15) is 16.1 Å². The predicted octanol–water partition coefficient (Wildman–Crippen LogP) is 3.07. The molecule has 8 heteroatoms. The van der Waals surface area contributed by atoms with E-state index >= 15 is 0 Å². The molecule has 110 valence electrons. The van der Waals surface area contributed by atoms with E-state index in [1.165, 1.54) is 12.1 Å². The van der Waals surface area contributed by atoms with Gasteiger partial charge in [-0.25, -0.2) is 4.39 Å². The molecule has 1 amide bonds. The first-order chi connectivity index (χ1) is 9.77. The van der Waals surface area contributed by atoms with Gasteiger partial charge in [-0.3, -0.25) is 9.78 Å². The van der Waals surface area contributed by atoms with E-state index in [0.717, 1.165) is 18.2 Å². The van der Waals surface area contributed by atoms with E-state index < -0.39 is 23.5 Å². The van der Waals surface area contributed by atoms with E-state index in [4.69, 9.17) is 5.73 Å². The molecule has 0 saturated carbocycles. The van der Waals surface area contributed by atoms with Crippen LogP contribution in [0.15, 0.2) is 36.5 Å². The Morgan fingerprint density at radius 1 is 1.19 bits per heavy atom. The quantitative estimate of drug-likeness (QED) is 0.661. The first-order valence-corrected chi connectivity index (χ1v) is 5.67. The molecule has 0 spiro atoms. The van der Waals surface area contributed by atoms with Crippen LogP contribution in [0.2, 0.25) is 0 Å². The fraction of sp³-hybridized carbons (Fsp3) is 0.0769. The highest BCUT2D eigenvalue weighted by atomic mass is 19.4. The lowest BCUT2D eigenvalue weighted by molar-refractivity contribution is -0.137. The summed E-state index contributed by atoms with van der Waals surface area (Å²) < 4.78 is 50.3. The second-order valence-electron chi connectivity index (χ2n) is 4.12. The third kappa shape index (κ3) is 3.47. The van der Waals surface area contributed by atoms with Gasteiger partial charge in [0.15, 0.2) is 0 Å². The molecular formula is C13H9F4N3O. The number of carbonyl (C=O) groups excluding carboxylic acids is 1. The lowest BCUT2D eigenvalue weighted by atomic mass is 10.2. The van der Waals surface area contributed by atoms with Crippen molar-refractivity contribution in [1.29, 1.82) is 0 Å². The molecule has 0 aliphatic heterocycles. The summed E-state index contributed by atoms with van der Waals surface area (Å²) in [6.45, 7) is 0. The number of nitrogens with zero attached hydrogens (tertiary/aromatic N) is 1. The van der Waals surface area contributed by atoms with E-state index in [1.807, 2.05) is 0 Å². The smallest absolute Gasteiger partial charge is 0.396 e. The van der Waals surface area contributed by atoms with Crippen molar-refractivity contribution in [1.82, 2.24) is 4.98 Å². The third-order valence-corrected chi connectivity index (χ3v) is 2.58. The molecule has 0 aliphatic carbocycles. The number of aromatic nitrogens is 1. The number of carbonyl (C=O) groups is 1. The summed E-state index contributed by atoms with van der Waals surface area (Å²) in [7, 11) is 0. The zero-order valence-electron chi connectivity index (χ0n) is 10.4. The Morgan fingerprint density at radius 3 is 2.43 bits per heavy atom. The summed E-state index contributed by atoms with van der Waals surface area (Å²) in [5, 5.41) is 2.31. The summed E-state index contributed by atoms with van der Waals surface area (Å²) in [4.78, 5) is 15.2. The molecule has 4 nitrogen and oxygen atoms in total. The second-order valence-corrected chi connectivity index (χ2v) is 4.12. The summed E-state index contributed by atoms with van der Waals surface area (Å²) in [5.41, 5.74) is 4.14. The number of anilines is 2. The maximum absolute atomic E-state index is 13.2. The number of halogens is 4. The Bertz CT molecular complexity index is 668. The van der Waals surface area contributed by atoms with Gasteiger partial charge >= 0.3 is 6.18 Å². The number of hydrogen-bond donors (Lipinski definition) is 2. The van der Waals surface area contributed by atoms with E-state index in [0.29, 0.717) is 6.20 Å². The number of alkyl halides is 3. The van der Waals surface area contributed by atoms with Gasteiger partial charge < -0.3 is 11.1 Å². The number of hydrogen-bond acceptors (Lipinski definition) is 3. The molecule has 21 heavy (non-hydrogen) atoms. The van der Waals surface area contributed by atoms with Crippen LogP contribution in [-0.2, 0) is 6.18 Å². The minimum Gasteiger partial charge on any atom is -0.396 e. The summed E-state index contributed by atoms with van der Waals surface area (Å²) >= 11 is 0. The number of benzene rings is 1. The molecule has 0 aliphatic rings. The highest BCUT2D eigenvalue weighted by Crippen LogP contribution is 2.28. The van der Waals surface area contributed by atoms with Gasteiger partial charge in [0.25, 0.3) is 5.91 Å². The zero-order valence-corrected chi connectivity index (χ0v) is 10.4. The van der Waals surface area contributed by atoms with Crippen LogP contribution in [0.25, 0.3) is 0 Å². The highest BCUT2D eigenvalue weighted by molar-refractivity contribution is 6.02. The first-order valence-electron chi connectivity index (χ1n) is 5.67. The number of nitrogen functional groups attached to an aromatic ring is 1. The largest absolute Gasteiger partial charge is 0.417 e. The van der Waals surface area contributed by atoms with Crippen molar-refractivity contribution in [2.45, 2.75) is 6.18 Å². The zero-order chi connectivity index (χ0) is 15.6. The lowest BCUT2D eigenvalue weighted by Gasteiger charge is -2.08. The Labute approximate surface area is 116 Å². The molecule has 0 unspecified atom stereocenters. The van der Waals surface area contributed by atoms with Crippen molar-refractivity contribution in [3.63, 3.8) is 0 Å². The van der Waals surface area contributed by atoms with Crippen molar-refractivity contribution in [2.75, 3.05) is 11.1 Å². The van der Waals surface area contributed by atoms with Gasteiger partial charge in [0.1, 0.15) is 11.5 Å². The molecular weight excluding hydrogens is 290 g/mol. The van der Waals surface area contributed by atoms with Crippen molar-refractivity contribution in [3.8, 4) is 0 Å². The predicted molar refractivity (Wildman–Crippen MR) is 68.0 cm³/mol. The monoisotopic (exact) mass is 299 g/mol. The van der Waals surface area contributed by atoms with Gasteiger partial charge in [-0.15, -0.1) is 0 Å². The van der Waals surface area contributed by atoms with E-state index in [-0.39, 0.29) is 17.1 Å². The number of amides is 1. The van der Waals surface area contributed by atoms with Gasteiger partial charge in [-0.1, -0.05) is 0 Å². The van der Waals surface area contributed by atoms with Gasteiger partial charge in [0.05, 0.1) is 11.3 Å². The fourth-order valence-electron chi connectivity index (χ4n) is 1.50. The van der Waals surface area contributed by atoms with Gasteiger partial charge in [-0.05, 0) is 30.3 Å². The highest BCUT2D eigenvalue weighted by Gasteiger charge is 2.30. The van der Waals surface area contributed by atoms with Crippen molar-refractivity contribution >= 4 is 17.3 Å². The molecule has 1 heterocycles. The topological polar surface area (TPSA) is 68.0 Å². The number of rotatable bonds is 2. The Morgan fingerprint density at radius 2 is 1.90 bits per heavy atom. The van der Waals surface area contributed by atoms with Gasteiger partial charge in [0.2, 0.25) is 0 Å². The van der Waals surface area contributed by atoms with Crippen LogP contribution >= 0.6 is 0 Å². The maximum Gasteiger partial charge on any atom is 0.417 e. The molecule has 3 N–H and O–H groups in total. The van der Waals surface area contributed by atoms with Crippen LogP contribution in [0, 0.1) is 5.82 Å². The van der Waals surface area contributed by atoms with Crippen molar-refractivity contribution in [3.05, 3.63) is 53.6 Å². The minimum atomic E-state index is -4.53. The molecule has 0 saturated heterocycles. The maximum atomic E-state index is 13.2. The first kappa shape index (κ1) is 14.8. The third-order valence-electron chi connectivity index (χ3n) is 2.58. The van der Waals surface area contributed by atoms with E-state index in [9.17, 15) is 22.4 Å². The van der Waals surface area contributed by atoms with Crippen LogP contribution in [0.3, 0.4) is 0 Å². The molecule has 1 aromatic heterocycles. The molecule has 0 atom stereocenters. The summed E-state index contributed by atoms with van der Waals surface area (Å²) in [6, 6.07) is 5.29. The molecule has 1 aromatic carbocycles. The second kappa shape index (κ2) is 5.39. The lowest BCUT2D eigenvalue weighted by Crippen LogP contribution is -2.15. The minimum absolute atomic E-state index is 0.0827. The van der Waals surface area contributed by atoms with Gasteiger partial charge in [-0.2, -0.15) is 13.2 Å². The number of pyridine rings is 1. The van der Waals surface area contributed by atoms with E-state index in [1.54, 1.807) is 0 Å². The number of nitrogens with two attached hydrogens (primary N) is 1. The van der Waals surface area contributed by atoms with Crippen molar-refractivity contribution < 1.29 is 22.4 Å². The van der Waals surface area contributed by atoms with E-state index in [2.05, 4.69) is 10.3 Å². The Kier molecular flexibility index (Phi) is 3.79. The molecule has 0 bridgehead atoms. The average Bonchev–Trinajstić information content (AvgIpc) is 2.42. The Balaban J connectivity index is 2.15. The van der Waals surface area contributed by atoms with Crippen LogP contribution in [-0.4, -0.2) is 10.9 Å². The fourth-order valence-corrected chi connectivity index (χ4v) is 1.50. The molecule has 2 rings (SSSR count). The SMILES string of the molecule is Nc1ccc(NC(=O)c2ccc(C(F)(F)F)cn2)cc1F. The van der Waals surface area contributed by atoms with Crippen molar-refractivity contribution in [2.24, 2.45) is 0 Å². The van der Waals surface area contributed by atoms with Crippen LogP contribution in [0.4, 0.5) is 28.9 Å². The summed E-state index contributed by atoms with van der Waals surface area (Å²) in [6.07, 6.45) is -3.97. The molecule has 2 aromatic rings. The molecule has 0 radical (unpaired) electrons. The van der Waals surface area contributed by atoms with Crippen LogP contribution in [0.5, 0.6) is 0 Å². The van der Waals surface area contributed by atoms with Crippen LogP contribution < -0.4 is 11.1 Å². The Hall–Kier alpha value is -2.64. The van der Waals surface area contributed by atoms with Gasteiger partial charge in [0, 0.05) is 11.9 Å². The average molecular weight is 299 g/mol. The number of nitrogens with one attached hydrogen (secondary N) is 1.